The van der Waals surface area contributed by atoms with Gasteiger partial charge in [0, 0.05) is 23.2 Å². The van der Waals surface area contributed by atoms with Crippen molar-refractivity contribution in [1.82, 2.24) is 0 Å². The Kier molecular flexibility index (Phi) is 3.06. The zero-order chi connectivity index (χ0) is 11.0. The fourth-order valence-corrected chi connectivity index (χ4v) is 2.88. The Hall–Kier alpha value is -0.500. The van der Waals surface area contributed by atoms with Gasteiger partial charge in [-0.2, -0.15) is 0 Å². The van der Waals surface area contributed by atoms with Gasteiger partial charge in [0.25, 0.3) is 0 Å². The van der Waals surface area contributed by atoms with Crippen LogP contribution in [0.4, 0.5) is 5.69 Å². The summed E-state index contributed by atoms with van der Waals surface area (Å²) in [5, 5.41) is 0. The molecule has 1 aliphatic rings. The first-order valence-electron chi connectivity index (χ1n) is 5.62. The normalized spacial score (nSPS) is 16.1. The summed E-state index contributed by atoms with van der Waals surface area (Å²) in [7, 11) is 0. The van der Waals surface area contributed by atoms with Crippen molar-refractivity contribution in [3.63, 3.8) is 0 Å². The molecule has 0 atom stereocenters. The highest BCUT2D eigenvalue weighted by Crippen LogP contribution is 2.34. The maximum absolute atomic E-state index is 3.68. The minimum atomic E-state index is 1.22. The van der Waals surface area contributed by atoms with Crippen molar-refractivity contribution in [2.45, 2.75) is 33.6 Å². The molecule has 15 heavy (non-hydrogen) atoms. The lowest BCUT2D eigenvalue weighted by Gasteiger charge is -2.24. The van der Waals surface area contributed by atoms with Gasteiger partial charge in [0.15, 0.2) is 0 Å². The summed E-state index contributed by atoms with van der Waals surface area (Å²) >= 11 is 3.68. The van der Waals surface area contributed by atoms with Crippen LogP contribution in [0.5, 0.6) is 0 Å². The first-order chi connectivity index (χ1) is 7.11. The molecule has 2 rings (SSSR count). The average molecular weight is 268 g/mol. The van der Waals surface area contributed by atoms with E-state index in [1.165, 1.54) is 52.8 Å². The van der Waals surface area contributed by atoms with E-state index in [9.17, 15) is 0 Å². The Labute approximate surface area is 101 Å². The maximum atomic E-state index is 3.68. The van der Waals surface area contributed by atoms with Crippen molar-refractivity contribution in [2.24, 2.45) is 0 Å². The number of hydrogen-bond acceptors (Lipinski definition) is 1. The van der Waals surface area contributed by atoms with Gasteiger partial charge in [-0.15, -0.1) is 0 Å². The first kappa shape index (κ1) is 11.0. The molecule has 1 aliphatic heterocycles. The van der Waals surface area contributed by atoms with Gasteiger partial charge in [0.1, 0.15) is 0 Å². The Morgan fingerprint density at radius 2 is 1.67 bits per heavy atom. The van der Waals surface area contributed by atoms with E-state index in [0.717, 1.165) is 0 Å². The van der Waals surface area contributed by atoms with Gasteiger partial charge < -0.3 is 4.90 Å². The summed E-state index contributed by atoms with van der Waals surface area (Å²) in [6.45, 7) is 9.05. The van der Waals surface area contributed by atoms with E-state index in [4.69, 9.17) is 0 Å². The molecule has 0 aliphatic carbocycles. The molecule has 1 nitrogen and oxygen atoms in total. The van der Waals surface area contributed by atoms with Crippen LogP contribution in [0.3, 0.4) is 0 Å². The minimum Gasteiger partial charge on any atom is -0.371 e. The third-order valence-electron chi connectivity index (χ3n) is 3.26. The van der Waals surface area contributed by atoms with Crippen LogP contribution < -0.4 is 4.90 Å². The Balaban J connectivity index is 2.50. The van der Waals surface area contributed by atoms with E-state index < -0.39 is 0 Å². The number of halogens is 1. The third kappa shape index (κ3) is 1.92. The highest BCUT2D eigenvalue weighted by atomic mass is 79.9. The predicted octanol–water partition coefficient (Wildman–Crippen LogP) is 3.97. The molecule has 2 heteroatoms. The monoisotopic (exact) mass is 267 g/mol. The average Bonchev–Trinajstić information content (AvgIpc) is 2.68. The lowest BCUT2D eigenvalue weighted by Crippen LogP contribution is -2.20. The maximum Gasteiger partial charge on any atom is 0.0437 e. The van der Waals surface area contributed by atoms with E-state index in [1.807, 2.05) is 0 Å². The number of aryl methyl sites for hydroxylation is 2. The van der Waals surface area contributed by atoms with Crippen LogP contribution in [0, 0.1) is 20.8 Å². The van der Waals surface area contributed by atoms with Gasteiger partial charge in [-0.1, -0.05) is 22.0 Å². The molecule has 1 heterocycles. The Morgan fingerprint density at radius 3 is 2.27 bits per heavy atom. The second-order valence-electron chi connectivity index (χ2n) is 4.49. The fourth-order valence-electron chi connectivity index (χ4n) is 2.58. The molecule has 1 aromatic rings. The van der Waals surface area contributed by atoms with E-state index >= 15 is 0 Å². The fraction of sp³-hybridized carbons (Fsp3) is 0.538. The lowest BCUT2D eigenvalue weighted by atomic mass is 10.0. The van der Waals surface area contributed by atoms with Crippen LogP contribution in [0.15, 0.2) is 10.5 Å². The molecule has 1 saturated heterocycles. The SMILES string of the molecule is Cc1cc(C)c(N2CCCC2)c(C)c1Br. The zero-order valence-corrected chi connectivity index (χ0v) is 11.3. The molecule has 0 saturated carbocycles. The molecular weight excluding hydrogens is 250 g/mol. The summed E-state index contributed by atoms with van der Waals surface area (Å²) in [6.07, 6.45) is 2.68. The topological polar surface area (TPSA) is 3.24 Å². The minimum absolute atomic E-state index is 1.22. The standard InChI is InChI=1S/C13H18BrN/c1-9-8-10(2)13(11(3)12(9)14)15-6-4-5-7-15/h8H,4-7H2,1-3H3. The third-order valence-corrected chi connectivity index (χ3v) is 4.48. The molecule has 0 aromatic heterocycles. The van der Waals surface area contributed by atoms with Crippen molar-refractivity contribution in [1.29, 1.82) is 0 Å². The second-order valence-corrected chi connectivity index (χ2v) is 5.29. The van der Waals surface area contributed by atoms with Gasteiger partial charge in [-0.05, 0) is 50.3 Å². The molecule has 0 amide bonds. The summed E-state index contributed by atoms with van der Waals surface area (Å²) in [5.74, 6) is 0. The van der Waals surface area contributed by atoms with Crippen molar-refractivity contribution < 1.29 is 0 Å². The smallest absolute Gasteiger partial charge is 0.0437 e. The quantitative estimate of drug-likeness (QED) is 0.744. The predicted molar refractivity (Wildman–Crippen MR) is 69.8 cm³/mol. The zero-order valence-electron chi connectivity index (χ0n) is 9.73. The van der Waals surface area contributed by atoms with Crippen molar-refractivity contribution >= 4 is 21.6 Å². The summed E-state index contributed by atoms with van der Waals surface area (Å²) in [4.78, 5) is 2.52. The van der Waals surface area contributed by atoms with Gasteiger partial charge in [0.2, 0.25) is 0 Å². The van der Waals surface area contributed by atoms with Crippen LogP contribution in [-0.2, 0) is 0 Å². The summed E-state index contributed by atoms with van der Waals surface area (Å²) in [5.41, 5.74) is 5.60. The van der Waals surface area contributed by atoms with E-state index in [1.54, 1.807) is 0 Å². The molecule has 82 valence electrons. The van der Waals surface area contributed by atoms with E-state index in [-0.39, 0.29) is 0 Å². The lowest BCUT2D eigenvalue weighted by molar-refractivity contribution is 0.949. The van der Waals surface area contributed by atoms with Crippen LogP contribution in [0.2, 0.25) is 0 Å². The van der Waals surface area contributed by atoms with Gasteiger partial charge in [-0.3, -0.25) is 0 Å². The van der Waals surface area contributed by atoms with Gasteiger partial charge in [0.05, 0.1) is 0 Å². The molecular formula is C13H18BrN. The molecule has 0 radical (unpaired) electrons. The highest BCUT2D eigenvalue weighted by molar-refractivity contribution is 9.10. The largest absolute Gasteiger partial charge is 0.371 e. The molecule has 0 N–H and O–H groups in total. The molecule has 0 bridgehead atoms. The summed E-state index contributed by atoms with van der Waals surface area (Å²) < 4.78 is 1.27. The van der Waals surface area contributed by atoms with E-state index in [0.29, 0.717) is 0 Å². The number of benzene rings is 1. The van der Waals surface area contributed by atoms with Crippen LogP contribution in [-0.4, -0.2) is 13.1 Å². The van der Waals surface area contributed by atoms with Crippen LogP contribution in [0.25, 0.3) is 0 Å². The second kappa shape index (κ2) is 4.17. The molecule has 0 spiro atoms. The summed E-state index contributed by atoms with van der Waals surface area (Å²) in [6, 6.07) is 2.28. The van der Waals surface area contributed by atoms with Crippen LogP contribution in [0.1, 0.15) is 29.5 Å². The number of anilines is 1. The van der Waals surface area contributed by atoms with Crippen LogP contribution >= 0.6 is 15.9 Å². The van der Waals surface area contributed by atoms with Gasteiger partial charge in [-0.25, -0.2) is 0 Å². The van der Waals surface area contributed by atoms with E-state index in [2.05, 4.69) is 47.7 Å². The van der Waals surface area contributed by atoms with Gasteiger partial charge >= 0.3 is 0 Å². The number of rotatable bonds is 1. The Morgan fingerprint density at radius 1 is 1.07 bits per heavy atom. The van der Waals surface area contributed by atoms with Crippen molar-refractivity contribution in [2.75, 3.05) is 18.0 Å². The molecule has 0 unspecified atom stereocenters. The van der Waals surface area contributed by atoms with Crippen molar-refractivity contribution in [3.05, 3.63) is 27.2 Å². The molecule has 1 fully saturated rings. The van der Waals surface area contributed by atoms with Crippen molar-refractivity contribution in [3.8, 4) is 0 Å². The number of hydrogen-bond donors (Lipinski definition) is 0. The number of nitrogens with zero attached hydrogens (tertiary/aromatic N) is 1. The first-order valence-corrected chi connectivity index (χ1v) is 6.42. The highest BCUT2D eigenvalue weighted by Gasteiger charge is 2.18. The Bertz CT molecular complexity index is 379. The molecule has 1 aromatic carbocycles.